The lowest BCUT2D eigenvalue weighted by Crippen LogP contribution is -2.30. The fourth-order valence-corrected chi connectivity index (χ4v) is 3.10. The third kappa shape index (κ3) is 4.23. The molecule has 2 aromatic heterocycles. The van der Waals surface area contributed by atoms with Gasteiger partial charge >= 0.3 is 0 Å². The maximum absolute atomic E-state index is 12.5. The molecule has 6 nitrogen and oxygen atoms in total. The molecule has 24 heavy (non-hydrogen) atoms. The van der Waals surface area contributed by atoms with Crippen molar-refractivity contribution < 1.29 is 14.1 Å². The lowest BCUT2D eigenvalue weighted by Gasteiger charge is -2.19. The van der Waals surface area contributed by atoms with Gasteiger partial charge in [-0.1, -0.05) is 18.1 Å². The van der Waals surface area contributed by atoms with Gasteiger partial charge in [0.2, 0.25) is 0 Å². The van der Waals surface area contributed by atoms with Crippen molar-refractivity contribution in [3.8, 4) is 0 Å². The van der Waals surface area contributed by atoms with Gasteiger partial charge in [-0.2, -0.15) is 0 Å². The van der Waals surface area contributed by atoms with Gasteiger partial charge in [-0.05, 0) is 36.6 Å². The smallest absolute Gasteiger partial charge is 0.273 e. The topological polar surface area (TPSA) is 75.4 Å². The molecule has 2 amide bonds. The lowest BCUT2D eigenvalue weighted by molar-refractivity contribution is 0.0732. The Bertz CT molecular complexity index is 692. The van der Waals surface area contributed by atoms with Crippen LogP contribution in [-0.4, -0.2) is 35.0 Å². The number of hydrogen-bond donors (Lipinski definition) is 1. The second-order valence-electron chi connectivity index (χ2n) is 6.04. The van der Waals surface area contributed by atoms with Crippen LogP contribution in [0, 0.1) is 5.92 Å². The molecule has 0 saturated heterocycles. The van der Waals surface area contributed by atoms with E-state index in [2.05, 4.69) is 10.5 Å². The molecule has 1 saturated carbocycles. The Morgan fingerprint density at radius 2 is 2.29 bits per heavy atom. The van der Waals surface area contributed by atoms with Crippen LogP contribution in [0.1, 0.15) is 52.1 Å². The van der Waals surface area contributed by atoms with E-state index < -0.39 is 0 Å². The second-order valence-corrected chi connectivity index (χ2v) is 6.98. The van der Waals surface area contributed by atoms with Crippen LogP contribution >= 0.6 is 11.3 Å². The number of carbonyl (C=O) groups excluding carboxylic acids is 2. The molecule has 128 valence electrons. The summed E-state index contributed by atoms with van der Waals surface area (Å²) >= 11 is 1.42. The summed E-state index contributed by atoms with van der Waals surface area (Å²) in [5, 5.41) is 8.57. The van der Waals surface area contributed by atoms with Crippen molar-refractivity contribution in [1.29, 1.82) is 0 Å². The van der Waals surface area contributed by atoms with E-state index in [1.165, 1.54) is 24.2 Å². The van der Waals surface area contributed by atoms with Gasteiger partial charge in [-0.15, -0.1) is 11.3 Å². The van der Waals surface area contributed by atoms with E-state index in [0.29, 0.717) is 36.2 Å². The Balaban J connectivity index is 1.62. The van der Waals surface area contributed by atoms with E-state index in [1.807, 2.05) is 24.4 Å². The van der Waals surface area contributed by atoms with Gasteiger partial charge in [0.1, 0.15) is 0 Å². The van der Waals surface area contributed by atoms with Gasteiger partial charge in [-0.3, -0.25) is 9.59 Å². The largest absolute Gasteiger partial charge is 0.359 e. The zero-order valence-corrected chi connectivity index (χ0v) is 14.5. The Kier molecular flexibility index (Phi) is 5.30. The summed E-state index contributed by atoms with van der Waals surface area (Å²) < 4.78 is 5.25. The van der Waals surface area contributed by atoms with Crippen LogP contribution < -0.4 is 5.32 Å². The predicted octanol–water partition coefficient (Wildman–Crippen LogP) is 2.93. The van der Waals surface area contributed by atoms with Gasteiger partial charge in [0.25, 0.3) is 11.8 Å². The Labute approximate surface area is 144 Å². The molecular weight excluding hydrogens is 326 g/mol. The van der Waals surface area contributed by atoms with Crippen molar-refractivity contribution in [3.63, 3.8) is 0 Å². The van der Waals surface area contributed by atoms with Gasteiger partial charge in [0, 0.05) is 19.2 Å². The molecule has 0 bridgehead atoms. The highest BCUT2D eigenvalue weighted by Gasteiger charge is 2.23. The summed E-state index contributed by atoms with van der Waals surface area (Å²) in [4.78, 5) is 27.0. The van der Waals surface area contributed by atoms with E-state index in [1.54, 1.807) is 11.0 Å². The highest BCUT2D eigenvalue weighted by molar-refractivity contribution is 7.12. The van der Waals surface area contributed by atoms with Gasteiger partial charge in [0.15, 0.2) is 11.5 Å². The number of nitrogens with one attached hydrogen (secondary N) is 1. The number of nitrogens with zero attached hydrogens (tertiary/aromatic N) is 2. The quantitative estimate of drug-likeness (QED) is 0.797. The SMILES string of the molecule is CCCN(Cc1cc(C(=O)NCC2CC2)no1)C(=O)c1cccs1. The van der Waals surface area contributed by atoms with Crippen molar-refractivity contribution >= 4 is 23.2 Å². The van der Waals surface area contributed by atoms with Crippen molar-refractivity contribution in [2.24, 2.45) is 5.92 Å². The summed E-state index contributed by atoms with van der Waals surface area (Å²) in [7, 11) is 0. The summed E-state index contributed by atoms with van der Waals surface area (Å²) in [6.45, 7) is 3.65. The molecule has 3 rings (SSSR count). The van der Waals surface area contributed by atoms with E-state index >= 15 is 0 Å². The van der Waals surface area contributed by atoms with Crippen LogP contribution in [-0.2, 0) is 6.54 Å². The van der Waals surface area contributed by atoms with Gasteiger partial charge in [-0.25, -0.2) is 0 Å². The molecule has 1 aliphatic rings. The van der Waals surface area contributed by atoms with Crippen molar-refractivity contribution in [1.82, 2.24) is 15.4 Å². The Hall–Kier alpha value is -2.15. The monoisotopic (exact) mass is 347 g/mol. The molecule has 0 aromatic carbocycles. The fourth-order valence-electron chi connectivity index (χ4n) is 2.41. The average Bonchev–Trinajstić information content (AvgIpc) is 3.05. The van der Waals surface area contributed by atoms with Crippen LogP contribution in [0.4, 0.5) is 0 Å². The van der Waals surface area contributed by atoms with Crippen LogP contribution in [0.2, 0.25) is 0 Å². The fraction of sp³-hybridized carbons (Fsp3) is 0.471. The highest BCUT2D eigenvalue weighted by Crippen LogP contribution is 2.27. The van der Waals surface area contributed by atoms with Crippen LogP contribution in [0.25, 0.3) is 0 Å². The molecule has 1 fully saturated rings. The lowest BCUT2D eigenvalue weighted by atomic mass is 10.3. The first-order valence-corrected chi connectivity index (χ1v) is 9.12. The van der Waals surface area contributed by atoms with Crippen molar-refractivity contribution in [3.05, 3.63) is 39.9 Å². The zero-order valence-electron chi connectivity index (χ0n) is 13.7. The van der Waals surface area contributed by atoms with E-state index in [9.17, 15) is 9.59 Å². The standard InChI is InChI=1S/C17H21N3O3S/c1-2-7-20(17(22)15-4-3-8-24-15)11-13-9-14(19-23-13)16(21)18-10-12-5-6-12/h3-4,8-9,12H,2,5-7,10-11H2,1H3,(H,18,21). The van der Waals surface area contributed by atoms with Crippen molar-refractivity contribution in [2.75, 3.05) is 13.1 Å². The van der Waals surface area contributed by atoms with Gasteiger partial charge < -0.3 is 14.7 Å². The zero-order chi connectivity index (χ0) is 16.9. The third-order valence-electron chi connectivity index (χ3n) is 3.90. The summed E-state index contributed by atoms with van der Waals surface area (Å²) in [6.07, 6.45) is 3.21. The predicted molar refractivity (Wildman–Crippen MR) is 90.9 cm³/mol. The Morgan fingerprint density at radius 1 is 1.46 bits per heavy atom. The minimum Gasteiger partial charge on any atom is -0.359 e. The first-order chi connectivity index (χ1) is 11.7. The van der Waals surface area contributed by atoms with E-state index in [0.717, 1.165) is 6.42 Å². The van der Waals surface area contributed by atoms with Crippen LogP contribution in [0.5, 0.6) is 0 Å². The first-order valence-electron chi connectivity index (χ1n) is 8.24. The van der Waals surface area contributed by atoms with Gasteiger partial charge in [0.05, 0.1) is 11.4 Å². The highest BCUT2D eigenvalue weighted by atomic mass is 32.1. The second kappa shape index (κ2) is 7.61. The van der Waals surface area contributed by atoms with Crippen LogP contribution in [0.3, 0.4) is 0 Å². The van der Waals surface area contributed by atoms with E-state index in [-0.39, 0.29) is 17.5 Å². The molecule has 1 aliphatic carbocycles. The number of carbonyl (C=O) groups is 2. The summed E-state index contributed by atoms with van der Waals surface area (Å²) in [6, 6.07) is 5.29. The minimum absolute atomic E-state index is 0.0250. The summed E-state index contributed by atoms with van der Waals surface area (Å²) in [5.41, 5.74) is 0.269. The number of thiophene rings is 1. The van der Waals surface area contributed by atoms with E-state index in [4.69, 9.17) is 4.52 Å². The molecular formula is C17H21N3O3S. The normalized spacial score (nSPS) is 13.7. The molecule has 0 aliphatic heterocycles. The number of amides is 2. The molecule has 1 N–H and O–H groups in total. The number of rotatable bonds is 8. The number of hydrogen-bond acceptors (Lipinski definition) is 5. The Morgan fingerprint density at radius 3 is 2.96 bits per heavy atom. The first kappa shape index (κ1) is 16.7. The summed E-state index contributed by atoms with van der Waals surface area (Å²) in [5.74, 6) is 0.889. The van der Waals surface area contributed by atoms with Crippen LogP contribution in [0.15, 0.2) is 28.1 Å². The third-order valence-corrected chi connectivity index (χ3v) is 4.76. The maximum atomic E-state index is 12.5. The average molecular weight is 347 g/mol. The molecule has 0 atom stereocenters. The number of aromatic nitrogens is 1. The molecule has 0 radical (unpaired) electrons. The molecule has 2 aromatic rings. The minimum atomic E-state index is -0.219. The van der Waals surface area contributed by atoms with Crippen molar-refractivity contribution in [2.45, 2.75) is 32.7 Å². The maximum Gasteiger partial charge on any atom is 0.273 e. The molecule has 7 heteroatoms. The molecule has 0 unspecified atom stereocenters. The molecule has 0 spiro atoms. The molecule has 2 heterocycles.